The first kappa shape index (κ1) is 17.3. The van der Waals surface area contributed by atoms with E-state index < -0.39 is 10.0 Å². The van der Waals surface area contributed by atoms with E-state index in [9.17, 15) is 13.2 Å². The zero-order valence-corrected chi connectivity index (χ0v) is 13.4. The Labute approximate surface area is 126 Å². The summed E-state index contributed by atoms with van der Waals surface area (Å²) in [6.07, 6.45) is 1.86. The molecule has 7 heteroatoms. The largest absolute Gasteiger partial charge is 0.492 e. The number of carbonyl (C=O) groups excluding carboxylic acids is 1. The summed E-state index contributed by atoms with van der Waals surface area (Å²) in [6.45, 7) is 2.52. The third kappa shape index (κ3) is 5.26. The predicted octanol–water partition coefficient (Wildman–Crippen LogP) is 1.38. The molecule has 0 heterocycles. The van der Waals surface area contributed by atoms with E-state index >= 15 is 0 Å². The summed E-state index contributed by atoms with van der Waals surface area (Å²) < 4.78 is 30.8. The summed E-state index contributed by atoms with van der Waals surface area (Å²) in [6, 6.07) is 6.98. The number of hydrogen-bond acceptors (Lipinski definition) is 4. The van der Waals surface area contributed by atoms with E-state index in [-0.39, 0.29) is 18.9 Å². The highest BCUT2D eigenvalue weighted by Gasteiger charge is 2.20. The molecule has 0 spiro atoms. The number of carbonyl (C=O) groups is 1. The number of ether oxygens (including phenoxy) is 1. The molecule has 0 atom stereocenters. The van der Waals surface area contributed by atoms with Crippen molar-refractivity contribution in [2.24, 2.45) is 0 Å². The molecule has 118 valence electrons. The van der Waals surface area contributed by atoms with Gasteiger partial charge in [-0.15, -0.1) is 0 Å². The molecular weight excluding hydrogens is 292 g/mol. The van der Waals surface area contributed by atoms with E-state index in [1.165, 1.54) is 4.31 Å². The Hall–Kier alpha value is -1.76. The Balaban J connectivity index is 2.96. The van der Waals surface area contributed by atoms with Crippen LogP contribution in [0.25, 0.3) is 0 Å². The fraction of sp³-hybridized carbons (Fsp3) is 0.500. The van der Waals surface area contributed by atoms with Gasteiger partial charge in [0.05, 0.1) is 18.6 Å². The molecule has 1 amide bonds. The molecule has 0 saturated heterocycles. The number of para-hydroxylation sites is 2. The van der Waals surface area contributed by atoms with E-state index in [1.54, 1.807) is 31.3 Å². The van der Waals surface area contributed by atoms with Crippen LogP contribution in [0.5, 0.6) is 5.75 Å². The highest BCUT2D eigenvalue weighted by molar-refractivity contribution is 7.92. The Morgan fingerprint density at radius 1 is 1.33 bits per heavy atom. The Morgan fingerprint density at radius 3 is 2.57 bits per heavy atom. The lowest BCUT2D eigenvalue weighted by Crippen LogP contribution is -2.32. The van der Waals surface area contributed by atoms with Crippen molar-refractivity contribution in [2.45, 2.75) is 19.8 Å². The molecule has 0 radical (unpaired) electrons. The van der Waals surface area contributed by atoms with Crippen molar-refractivity contribution in [3.63, 3.8) is 0 Å². The monoisotopic (exact) mass is 314 g/mol. The maximum atomic E-state index is 12.0. The van der Waals surface area contributed by atoms with E-state index in [2.05, 4.69) is 5.32 Å². The zero-order valence-electron chi connectivity index (χ0n) is 12.6. The third-order valence-electron chi connectivity index (χ3n) is 2.88. The van der Waals surface area contributed by atoms with Crippen LogP contribution in [0, 0.1) is 0 Å². The summed E-state index contributed by atoms with van der Waals surface area (Å²) in [4.78, 5) is 11.2. The van der Waals surface area contributed by atoms with Gasteiger partial charge in [0.15, 0.2) is 0 Å². The van der Waals surface area contributed by atoms with Crippen LogP contribution in [0.1, 0.15) is 19.8 Å². The van der Waals surface area contributed by atoms with E-state index in [4.69, 9.17) is 4.74 Å². The SMILES string of the molecule is CCOc1ccccc1N(CCCC(=O)NC)S(C)(=O)=O. The molecule has 1 aromatic rings. The topological polar surface area (TPSA) is 75.7 Å². The molecule has 0 fully saturated rings. The third-order valence-corrected chi connectivity index (χ3v) is 4.06. The van der Waals surface area contributed by atoms with Crippen molar-refractivity contribution in [2.75, 3.05) is 30.8 Å². The van der Waals surface area contributed by atoms with Crippen LogP contribution in [0.2, 0.25) is 0 Å². The molecular formula is C14H22N2O4S. The van der Waals surface area contributed by atoms with Gasteiger partial charge in [-0.2, -0.15) is 0 Å². The lowest BCUT2D eigenvalue weighted by atomic mass is 10.2. The average molecular weight is 314 g/mol. The van der Waals surface area contributed by atoms with Crippen LogP contribution in [0.3, 0.4) is 0 Å². The second-order valence-corrected chi connectivity index (χ2v) is 6.42. The zero-order chi connectivity index (χ0) is 15.9. The summed E-state index contributed by atoms with van der Waals surface area (Å²) in [5.41, 5.74) is 0.499. The van der Waals surface area contributed by atoms with E-state index in [1.807, 2.05) is 6.92 Å². The molecule has 0 aliphatic carbocycles. The molecule has 1 N–H and O–H groups in total. The molecule has 1 aromatic carbocycles. The van der Waals surface area contributed by atoms with Crippen LogP contribution < -0.4 is 14.4 Å². The van der Waals surface area contributed by atoms with Gasteiger partial charge in [0, 0.05) is 20.0 Å². The van der Waals surface area contributed by atoms with Gasteiger partial charge in [0.25, 0.3) is 0 Å². The molecule has 0 aliphatic heterocycles. The number of nitrogens with one attached hydrogen (secondary N) is 1. The number of amides is 1. The second kappa shape index (κ2) is 7.87. The Kier molecular flexibility index (Phi) is 6.48. The summed E-state index contributed by atoms with van der Waals surface area (Å²) >= 11 is 0. The molecule has 21 heavy (non-hydrogen) atoms. The van der Waals surface area contributed by atoms with E-state index in [0.29, 0.717) is 24.5 Å². The van der Waals surface area contributed by atoms with Gasteiger partial charge in [-0.3, -0.25) is 9.10 Å². The molecule has 0 unspecified atom stereocenters. The molecule has 6 nitrogen and oxygen atoms in total. The first-order valence-electron chi connectivity index (χ1n) is 6.80. The summed E-state index contributed by atoms with van der Waals surface area (Å²) in [5.74, 6) is 0.409. The molecule has 1 rings (SSSR count). The smallest absolute Gasteiger partial charge is 0.232 e. The highest BCUT2D eigenvalue weighted by Crippen LogP contribution is 2.30. The van der Waals surface area contributed by atoms with Crippen LogP contribution in [0.4, 0.5) is 5.69 Å². The number of hydrogen-bond donors (Lipinski definition) is 1. The van der Waals surface area contributed by atoms with Crippen molar-refractivity contribution < 1.29 is 17.9 Å². The number of rotatable bonds is 8. The van der Waals surface area contributed by atoms with Crippen molar-refractivity contribution in [1.82, 2.24) is 5.32 Å². The standard InChI is InChI=1S/C14H22N2O4S/c1-4-20-13-9-6-5-8-12(13)16(21(3,18)19)11-7-10-14(17)15-2/h5-6,8-9H,4,7,10-11H2,1-3H3,(H,15,17). The quantitative estimate of drug-likeness (QED) is 0.786. The summed E-state index contributed by atoms with van der Waals surface area (Å²) in [5, 5.41) is 2.52. The van der Waals surface area contributed by atoms with Gasteiger partial charge >= 0.3 is 0 Å². The van der Waals surface area contributed by atoms with Crippen LogP contribution in [-0.2, 0) is 14.8 Å². The second-order valence-electron chi connectivity index (χ2n) is 4.51. The Bertz CT molecular complexity index is 572. The highest BCUT2D eigenvalue weighted by atomic mass is 32.2. The minimum Gasteiger partial charge on any atom is -0.492 e. The van der Waals surface area contributed by atoms with Crippen LogP contribution >= 0.6 is 0 Å². The van der Waals surface area contributed by atoms with Gasteiger partial charge in [-0.25, -0.2) is 8.42 Å². The van der Waals surface area contributed by atoms with Gasteiger partial charge < -0.3 is 10.1 Å². The Morgan fingerprint density at radius 2 is 2.00 bits per heavy atom. The van der Waals surface area contributed by atoms with Gasteiger partial charge in [-0.05, 0) is 25.5 Å². The van der Waals surface area contributed by atoms with Crippen molar-refractivity contribution in [3.05, 3.63) is 24.3 Å². The normalized spacial score (nSPS) is 11.0. The summed E-state index contributed by atoms with van der Waals surface area (Å²) in [7, 11) is -1.89. The first-order valence-corrected chi connectivity index (χ1v) is 8.65. The van der Waals surface area contributed by atoms with Crippen molar-refractivity contribution in [3.8, 4) is 5.75 Å². The molecule has 0 aromatic heterocycles. The predicted molar refractivity (Wildman–Crippen MR) is 83.1 cm³/mol. The van der Waals surface area contributed by atoms with Gasteiger partial charge in [0.2, 0.25) is 15.9 Å². The van der Waals surface area contributed by atoms with Crippen LogP contribution in [0.15, 0.2) is 24.3 Å². The minimum absolute atomic E-state index is 0.110. The van der Waals surface area contributed by atoms with Crippen molar-refractivity contribution >= 4 is 21.6 Å². The fourth-order valence-corrected chi connectivity index (χ4v) is 2.88. The van der Waals surface area contributed by atoms with Gasteiger partial charge in [0.1, 0.15) is 5.75 Å². The number of anilines is 1. The number of sulfonamides is 1. The minimum atomic E-state index is -3.44. The molecule has 0 saturated carbocycles. The van der Waals surface area contributed by atoms with Gasteiger partial charge in [-0.1, -0.05) is 12.1 Å². The molecule has 0 bridgehead atoms. The maximum absolute atomic E-state index is 12.0. The average Bonchev–Trinajstić information content (AvgIpc) is 2.43. The maximum Gasteiger partial charge on any atom is 0.232 e. The lowest BCUT2D eigenvalue weighted by Gasteiger charge is -2.24. The number of benzene rings is 1. The number of nitrogens with zero attached hydrogens (tertiary/aromatic N) is 1. The first-order chi connectivity index (χ1) is 9.90. The van der Waals surface area contributed by atoms with E-state index in [0.717, 1.165) is 6.26 Å². The van der Waals surface area contributed by atoms with Crippen molar-refractivity contribution in [1.29, 1.82) is 0 Å². The fourth-order valence-electron chi connectivity index (χ4n) is 1.91. The molecule has 0 aliphatic rings. The van der Waals surface area contributed by atoms with Crippen LogP contribution in [-0.4, -0.2) is 40.8 Å². The lowest BCUT2D eigenvalue weighted by molar-refractivity contribution is -0.120.